The van der Waals surface area contributed by atoms with Crippen molar-refractivity contribution in [1.82, 2.24) is 9.55 Å². The van der Waals surface area contributed by atoms with Crippen LogP contribution in [0.25, 0.3) is 0 Å². The van der Waals surface area contributed by atoms with E-state index in [0.29, 0.717) is 0 Å². The van der Waals surface area contributed by atoms with Crippen LogP contribution in [0.2, 0.25) is 6.55 Å². The van der Waals surface area contributed by atoms with Crippen LogP contribution in [0.5, 0.6) is 0 Å². The predicted octanol–water partition coefficient (Wildman–Crippen LogP) is 2.60. The molecule has 137 valence electrons. The summed E-state index contributed by atoms with van der Waals surface area (Å²) in [5.41, 5.74) is 1.75. The van der Waals surface area contributed by atoms with Crippen molar-refractivity contribution in [3.05, 3.63) is 46.7 Å². The smallest absolute Gasteiger partial charge is 0.289 e. The molecule has 1 radical (unpaired) electrons. The molecule has 3 rings (SSSR count). The molecule has 0 saturated carbocycles. The van der Waals surface area contributed by atoms with E-state index in [1.165, 1.54) is 0 Å². The summed E-state index contributed by atoms with van der Waals surface area (Å²) in [4.78, 5) is 4.46. The van der Waals surface area contributed by atoms with Crippen molar-refractivity contribution >= 4 is 30.4 Å². The normalized spacial score (nSPS) is 18.4. The molecule has 2 heterocycles. The molecule has 0 spiro atoms. The van der Waals surface area contributed by atoms with Gasteiger partial charge in [-0.05, 0) is 50.1 Å². The highest BCUT2D eigenvalue weighted by Gasteiger charge is 2.25. The third-order valence-electron chi connectivity index (χ3n) is 4.17. The predicted molar refractivity (Wildman–Crippen MR) is 105 cm³/mol. The van der Waals surface area contributed by atoms with Gasteiger partial charge in [-0.25, -0.2) is 4.98 Å². The van der Waals surface area contributed by atoms with Gasteiger partial charge in [0.1, 0.15) is 17.8 Å². The standard InChI is InChI=1S/C19H22BrN2O3Si/c1-26(25-18-4-2-3-13-24-18)19-21-11-12-22(19)17(14-23)10-7-15-5-8-16(20)9-6-15/h5-6,8-9,11-12,17-18,23H,2-4,13-14H2,1H3/t17-,18?/m0/s1. The lowest BCUT2D eigenvalue weighted by molar-refractivity contribution is -0.107. The molecule has 1 N–H and O–H groups in total. The number of rotatable bonds is 5. The SMILES string of the molecule is C[Si](OC1CCCCO1)c1nccn1[C@@H](C#Cc1ccc(Br)cc1)CO. The number of aliphatic hydroxyl groups excluding tert-OH is 1. The summed E-state index contributed by atoms with van der Waals surface area (Å²) < 4.78 is 14.7. The fraction of sp³-hybridized carbons (Fsp3) is 0.421. The average molecular weight is 434 g/mol. The number of imidazole rings is 1. The minimum atomic E-state index is -1.35. The molecule has 5 nitrogen and oxygen atoms in total. The topological polar surface area (TPSA) is 56.5 Å². The van der Waals surface area contributed by atoms with Gasteiger partial charge in [0, 0.05) is 29.0 Å². The molecule has 2 atom stereocenters. The first-order valence-corrected chi connectivity index (χ1v) is 11.4. The summed E-state index contributed by atoms with van der Waals surface area (Å²) in [6.07, 6.45) is 6.60. The van der Waals surface area contributed by atoms with Crippen LogP contribution < -0.4 is 5.45 Å². The van der Waals surface area contributed by atoms with Crippen molar-refractivity contribution in [3.63, 3.8) is 0 Å². The first kappa shape index (κ1) is 19.3. The van der Waals surface area contributed by atoms with Crippen LogP contribution in [0.3, 0.4) is 0 Å². The van der Waals surface area contributed by atoms with Crippen LogP contribution in [-0.2, 0) is 9.16 Å². The number of hydrogen-bond acceptors (Lipinski definition) is 4. The average Bonchev–Trinajstić information content (AvgIpc) is 3.14. The van der Waals surface area contributed by atoms with Gasteiger partial charge in [0.25, 0.3) is 9.04 Å². The van der Waals surface area contributed by atoms with E-state index < -0.39 is 9.04 Å². The van der Waals surface area contributed by atoms with Crippen LogP contribution in [-0.4, -0.2) is 43.2 Å². The Balaban J connectivity index is 1.73. The lowest BCUT2D eigenvalue weighted by atomic mass is 10.2. The Morgan fingerprint density at radius 2 is 2.23 bits per heavy atom. The van der Waals surface area contributed by atoms with E-state index in [9.17, 15) is 5.11 Å². The zero-order chi connectivity index (χ0) is 18.4. The number of halogens is 1. The minimum absolute atomic E-state index is 0.0814. The van der Waals surface area contributed by atoms with E-state index in [-0.39, 0.29) is 18.9 Å². The van der Waals surface area contributed by atoms with E-state index in [4.69, 9.17) is 9.16 Å². The Morgan fingerprint density at radius 1 is 1.42 bits per heavy atom. The zero-order valence-corrected chi connectivity index (χ0v) is 17.3. The monoisotopic (exact) mass is 433 g/mol. The van der Waals surface area contributed by atoms with Gasteiger partial charge in [-0.3, -0.25) is 0 Å². The summed E-state index contributed by atoms with van der Waals surface area (Å²) in [5.74, 6) is 6.27. The van der Waals surface area contributed by atoms with Crippen molar-refractivity contribution < 1.29 is 14.3 Å². The lowest BCUT2D eigenvalue weighted by Gasteiger charge is -2.26. The quantitative estimate of drug-likeness (QED) is 0.581. The van der Waals surface area contributed by atoms with Crippen LogP contribution in [0, 0.1) is 11.8 Å². The highest BCUT2D eigenvalue weighted by atomic mass is 79.9. The molecule has 1 unspecified atom stereocenters. The highest BCUT2D eigenvalue weighted by molar-refractivity contribution is 9.10. The third kappa shape index (κ3) is 5.06. The summed E-state index contributed by atoms with van der Waals surface area (Å²) in [5, 5.41) is 9.83. The van der Waals surface area contributed by atoms with Crippen LogP contribution in [0.15, 0.2) is 41.1 Å². The molecule has 26 heavy (non-hydrogen) atoms. The lowest BCUT2D eigenvalue weighted by Crippen LogP contribution is -2.43. The van der Waals surface area contributed by atoms with Crippen LogP contribution in [0.4, 0.5) is 0 Å². The molecule has 1 fully saturated rings. The Bertz CT molecular complexity index is 763. The van der Waals surface area contributed by atoms with Gasteiger partial charge in [-0.2, -0.15) is 0 Å². The van der Waals surface area contributed by atoms with Gasteiger partial charge in [-0.15, -0.1) is 0 Å². The maximum Gasteiger partial charge on any atom is 0.289 e. The first-order chi connectivity index (χ1) is 12.7. The maximum atomic E-state index is 9.83. The molecule has 0 aliphatic carbocycles. The number of aromatic nitrogens is 2. The molecule has 1 aromatic carbocycles. The van der Waals surface area contributed by atoms with Gasteiger partial charge in [0.05, 0.1) is 6.61 Å². The number of nitrogens with zero attached hydrogens (tertiary/aromatic N) is 2. The summed E-state index contributed by atoms with van der Waals surface area (Å²) >= 11 is 3.42. The molecular formula is C19H22BrN2O3Si. The van der Waals surface area contributed by atoms with Gasteiger partial charge >= 0.3 is 0 Å². The maximum absolute atomic E-state index is 9.83. The first-order valence-electron chi connectivity index (χ1n) is 8.70. The Morgan fingerprint density at radius 3 is 2.92 bits per heavy atom. The third-order valence-corrected chi connectivity index (χ3v) is 6.33. The fourth-order valence-corrected chi connectivity index (χ4v) is 4.59. The minimum Gasteiger partial charge on any atom is -0.393 e. The van der Waals surface area contributed by atoms with Crippen molar-refractivity contribution in [2.24, 2.45) is 0 Å². The second-order valence-corrected chi connectivity index (χ2v) is 8.81. The molecule has 2 aromatic rings. The Hall–Kier alpha value is -1.43. The van der Waals surface area contributed by atoms with E-state index in [1.54, 1.807) is 6.20 Å². The second kappa shape index (κ2) is 9.49. The van der Waals surface area contributed by atoms with Gasteiger partial charge < -0.3 is 18.8 Å². The zero-order valence-electron chi connectivity index (χ0n) is 14.7. The number of aliphatic hydroxyl groups is 1. The van der Waals surface area contributed by atoms with Crippen molar-refractivity contribution in [2.75, 3.05) is 13.2 Å². The van der Waals surface area contributed by atoms with Crippen LogP contribution in [0.1, 0.15) is 30.9 Å². The van der Waals surface area contributed by atoms with E-state index in [0.717, 1.165) is 41.4 Å². The van der Waals surface area contributed by atoms with E-state index in [1.807, 2.05) is 35.0 Å². The molecule has 7 heteroatoms. The van der Waals surface area contributed by atoms with E-state index in [2.05, 4.69) is 39.3 Å². The second-order valence-electron chi connectivity index (χ2n) is 6.10. The van der Waals surface area contributed by atoms with E-state index >= 15 is 0 Å². The van der Waals surface area contributed by atoms with Gasteiger partial charge in [0.2, 0.25) is 0 Å². The Labute approximate surface area is 164 Å². The number of ether oxygens (including phenoxy) is 1. The summed E-state index contributed by atoms with van der Waals surface area (Å²) in [6, 6.07) is 7.43. The van der Waals surface area contributed by atoms with Crippen LogP contribution >= 0.6 is 15.9 Å². The summed E-state index contributed by atoms with van der Waals surface area (Å²) in [7, 11) is -1.35. The van der Waals surface area contributed by atoms with Gasteiger partial charge in [-0.1, -0.05) is 27.8 Å². The molecule has 1 aliphatic heterocycles. The fourth-order valence-electron chi connectivity index (χ4n) is 2.79. The molecular weight excluding hydrogens is 412 g/mol. The molecule has 0 amide bonds. The van der Waals surface area contributed by atoms with Gasteiger partial charge in [0.15, 0.2) is 0 Å². The highest BCUT2D eigenvalue weighted by Crippen LogP contribution is 2.15. The largest absolute Gasteiger partial charge is 0.393 e. The molecule has 1 saturated heterocycles. The summed E-state index contributed by atoms with van der Waals surface area (Å²) in [6.45, 7) is 2.73. The van der Waals surface area contributed by atoms with Crippen molar-refractivity contribution in [1.29, 1.82) is 0 Å². The number of benzene rings is 1. The van der Waals surface area contributed by atoms with Crippen molar-refractivity contribution in [3.8, 4) is 11.8 Å². The molecule has 1 aromatic heterocycles. The molecule has 1 aliphatic rings. The number of hydrogen-bond donors (Lipinski definition) is 1. The Kier molecular flexibility index (Phi) is 7.05. The molecule has 0 bridgehead atoms. The van der Waals surface area contributed by atoms with Crippen molar-refractivity contribution in [2.45, 2.75) is 38.1 Å².